The van der Waals surface area contributed by atoms with Crippen LogP contribution in [-0.2, 0) is 12.2 Å². The van der Waals surface area contributed by atoms with Crippen LogP contribution in [0.15, 0.2) is 56.6 Å². The third-order valence-electron chi connectivity index (χ3n) is 3.74. The Labute approximate surface area is 155 Å². The van der Waals surface area contributed by atoms with Crippen molar-refractivity contribution in [2.45, 2.75) is 31.0 Å². The van der Waals surface area contributed by atoms with Crippen LogP contribution in [0.2, 0.25) is 0 Å². The largest absolute Gasteiger partial charge is 0.461 e. The lowest BCUT2D eigenvalue weighted by atomic mass is 10.1. The number of thioether (sulfide) groups is 1. The molecule has 0 N–H and O–H groups in total. The maximum absolute atomic E-state index is 5.45. The van der Waals surface area contributed by atoms with Gasteiger partial charge in [-0.05, 0) is 24.1 Å². The van der Waals surface area contributed by atoms with E-state index in [4.69, 9.17) is 8.94 Å². The number of nitrogens with zero attached hydrogens (tertiary/aromatic N) is 4. The summed E-state index contributed by atoms with van der Waals surface area (Å²) in [5, 5.41) is 5.94. The summed E-state index contributed by atoms with van der Waals surface area (Å²) in [5.41, 5.74) is 0.880. The number of para-hydroxylation sites is 1. The minimum atomic E-state index is 0.484. The van der Waals surface area contributed by atoms with E-state index in [9.17, 15) is 0 Å². The highest BCUT2D eigenvalue weighted by molar-refractivity contribution is 7.98. The van der Waals surface area contributed by atoms with Crippen LogP contribution >= 0.6 is 11.8 Å². The Balaban J connectivity index is 1.62. The van der Waals surface area contributed by atoms with Gasteiger partial charge in [-0.3, -0.25) is 0 Å². The van der Waals surface area contributed by atoms with E-state index in [1.807, 2.05) is 36.4 Å². The van der Waals surface area contributed by atoms with Crippen molar-refractivity contribution in [1.29, 1.82) is 0 Å². The number of fused-ring (bicyclic) bond motifs is 1. The van der Waals surface area contributed by atoms with Crippen LogP contribution in [-0.4, -0.2) is 20.1 Å². The first-order chi connectivity index (χ1) is 12.7. The Morgan fingerprint density at radius 1 is 1.04 bits per heavy atom. The van der Waals surface area contributed by atoms with Gasteiger partial charge < -0.3 is 8.94 Å². The van der Waals surface area contributed by atoms with Crippen molar-refractivity contribution >= 4 is 22.7 Å². The Morgan fingerprint density at radius 3 is 2.73 bits per heavy atom. The molecule has 3 heterocycles. The molecule has 0 saturated carbocycles. The smallest absolute Gasteiger partial charge is 0.226 e. The van der Waals surface area contributed by atoms with E-state index in [0.29, 0.717) is 35.0 Å². The normalized spacial score (nSPS) is 11.5. The van der Waals surface area contributed by atoms with E-state index in [0.717, 1.165) is 22.3 Å². The minimum absolute atomic E-state index is 0.484. The van der Waals surface area contributed by atoms with Crippen molar-refractivity contribution < 1.29 is 8.94 Å². The van der Waals surface area contributed by atoms with Crippen LogP contribution < -0.4 is 0 Å². The second kappa shape index (κ2) is 7.29. The van der Waals surface area contributed by atoms with Gasteiger partial charge in [0.15, 0.2) is 17.4 Å². The fourth-order valence-corrected chi connectivity index (χ4v) is 3.45. The average Bonchev–Trinajstić information content (AvgIpc) is 3.31. The molecule has 4 aromatic rings. The summed E-state index contributed by atoms with van der Waals surface area (Å²) >= 11 is 1.57. The third-order valence-corrected chi connectivity index (χ3v) is 4.73. The number of hydrogen-bond donors (Lipinski definition) is 0. The SMILES string of the molecule is CC(C)Cc1nc(CSc2nc(-c3ccco3)nc3ccccc23)no1. The van der Waals surface area contributed by atoms with Gasteiger partial charge in [-0.15, -0.1) is 0 Å². The molecule has 0 amide bonds. The Kier molecular flexibility index (Phi) is 4.71. The van der Waals surface area contributed by atoms with Crippen molar-refractivity contribution in [2.75, 3.05) is 0 Å². The van der Waals surface area contributed by atoms with Crippen LogP contribution in [0.4, 0.5) is 0 Å². The molecule has 0 fully saturated rings. The average molecular weight is 366 g/mol. The van der Waals surface area contributed by atoms with Crippen molar-refractivity contribution in [1.82, 2.24) is 20.1 Å². The van der Waals surface area contributed by atoms with Gasteiger partial charge in [0, 0.05) is 11.8 Å². The molecule has 0 aliphatic carbocycles. The number of benzene rings is 1. The maximum atomic E-state index is 5.45. The molecule has 3 aromatic heterocycles. The first-order valence-electron chi connectivity index (χ1n) is 8.44. The monoisotopic (exact) mass is 366 g/mol. The summed E-state index contributed by atoms with van der Waals surface area (Å²) in [6.45, 7) is 4.25. The molecule has 0 aliphatic heterocycles. The first-order valence-corrected chi connectivity index (χ1v) is 9.42. The zero-order chi connectivity index (χ0) is 17.9. The number of furan rings is 1. The molecular formula is C19H18N4O2S. The summed E-state index contributed by atoms with van der Waals surface area (Å²) < 4.78 is 10.8. The van der Waals surface area contributed by atoms with Crippen molar-refractivity contribution in [2.24, 2.45) is 5.92 Å². The van der Waals surface area contributed by atoms with E-state index in [-0.39, 0.29) is 0 Å². The van der Waals surface area contributed by atoms with Crippen LogP contribution in [0.1, 0.15) is 25.6 Å². The lowest BCUT2D eigenvalue weighted by molar-refractivity contribution is 0.360. The summed E-state index contributed by atoms with van der Waals surface area (Å²) in [5.74, 6) is 3.64. The minimum Gasteiger partial charge on any atom is -0.461 e. The second-order valence-electron chi connectivity index (χ2n) is 6.34. The van der Waals surface area contributed by atoms with E-state index in [1.54, 1.807) is 18.0 Å². The molecule has 0 bridgehead atoms. The molecular weight excluding hydrogens is 348 g/mol. The highest BCUT2D eigenvalue weighted by atomic mass is 32.2. The summed E-state index contributed by atoms with van der Waals surface area (Å²) in [4.78, 5) is 13.7. The Morgan fingerprint density at radius 2 is 1.92 bits per heavy atom. The van der Waals surface area contributed by atoms with Crippen LogP contribution in [0.5, 0.6) is 0 Å². The van der Waals surface area contributed by atoms with E-state index in [2.05, 4.69) is 34.0 Å². The molecule has 6 nitrogen and oxygen atoms in total. The molecule has 0 aliphatic rings. The van der Waals surface area contributed by atoms with Gasteiger partial charge in [0.05, 0.1) is 17.5 Å². The van der Waals surface area contributed by atoms with Crippen molar-refractivity contribution in [3.8, 4) is 11.6 Å². The van der Waals surface area contributed by atoms with Crippen LogP contribution in [0, 0.1) is 5.92 Å². The van der Waals surface area contributed by atoms with Gasteiger partial charge >= 0.3 is 0 Å². The van der Waals surface area contributed by atoms with Crippen LogP contribution in [0.3, 0.4) is 0 Å². The lowest BCUT2D eigenvalue weighted by Gasteiger charge is -2.06. The van der Waals surface area contributed by atoms with E-state index >= 15 is 0 Å². The highest BCUT2D eigenvalue weighted by Crippen LogP contribution is 2.30. The molecule has 4 rings (SSSR count). The molecule has 0 saturated heterocycles. The summed E-state index contributed by atoms with van der Waals surface area (Å²) in [7, 11) is 0. The van der Waals surface area contributed by atoms with Gasteiger partial charge in [-0.1, -0.05) is 49.0 Å². The Bertz CT molecular complexity index is 1010. The topological polar surface area (TPSA) is 77.8 Å². The molecule has 0 spiro atoms. The molecule has 7 heteroatoms. The first kappa shape index (κ1) is 16.8. The van der Waals surface area contributed by atoms with Crippen molar-refractivity contribution in [3.05, 3.63) is 54.4 Å². The zero-order valence-corrected chi connectivity index (χ0v) is 15.4. The van der Waals surface area contributed by atoms with Gasteiger partial charge in [0.1, 0.15) is 5.03 Å². The summed E-state index contributed by atoms with van der Waals surface area (Å²) in [6, 6.07) is 11.6. The second-order valence-corrected chi connectivity index (χ2v) is 7.30. The molecule has 132 valence electrons. The molecule has 0 atom stereocenters. The third kappa shape index (κ3) is 3.62. The van der Waals surface area contributed by atoms with Gasteiger partial charge in [0.2, 0.25) is 5.89 Å². The molecule has 26 heavy (non-hydrogen) atoms. The maximum Gasteiger partial charge on any atom is 0.226 e. The standard InChI is InChI=1S/C19H18N4O2S/c1-12(2)10-17-21-16(23-25-17)11-26-19-13-6-3-4-7-14(13)20-18(22-19)15-8-5-9-24-15/h3-9,12H,10-11H2,1-2H3. The fraction of sp³-hybridized carbons (Fsp3) is 0.263. The number of hydrogen-bond acceptors (Lipinski definition) is 7. The molecule has 0 unspecified atom stereocenters. The van der Waals surface area contributed by atoms with E-state index in [1.165, 1.54) is 0 Å². The van der Waals surface area contributed by atoms with Crippen molar-refractivity contribution in [3.63, 3.8) is 0 Å². The van der Waals surface area contributed by atoms with Crippen LogP contribution in [0.25, 0.3) is 22.5 Å². The predicted octanol–water partition coefficient (Wildman–Crippen LogP) is 4.76. The number of rotatable bonds is 6. The predicted molar refractivity (Wildman–Crippen MR) is 99.6 cm³/mol. The fourth-order valence-electron chi connectivity index (χ4n) is 2.59. The molecule has 1 aromatic carbocycles. The zero-order valence-electron chi connectivity index (χ0n) is 14.5. The molecule has 0 radical (unpaired) electrons. The van der Waals surface area contributed by atoms with E-state index < -0.39 is 0 Å². The Hall–Kier alpha value is -2.67. The van der Waals surface area contributed by atoms with Gasteiger partial charge in [-0.25, -0.2) is 9.97 Å². The highest BCUT2D eigenvalue weighted by Gasteiger charge is 2.14. The van der Waals surface area contributed by atoms with Gasteiger partial charge in [-0.2, -0.15) is 4.98 Å². The summed E-state index contributed by atoms with van der Waals surface area (Å²) in [6.07, 6.45) is 2.41. The van der Waals surface area contributed by atoms with Gasteiger partial charge in [0.25, 0.3) is 0 Å². The number of aromatic nitrogens is 4. The lowest BCUT2D eigenvalue weighted by Crippen LogP contribution is -1.95. The quantitative estimate of drug-likeness (QED) is 0.359.